The quantitative estimate of drug-likeness (QED) is 0.810. The molecule has 1 N–H and O–H groups in total. The summed E-state index contributed by atoms with van der Waals surface area (Å²) in [4.78, 5) is 12.8. The summed E-state index contributed by atoms with van der Waals surface area (Å²) in [5.74, 6) is -1.16. The van der Waals surface area contributed by atoms with Crippen molar-refractivity contribution in [2.24, 2.45) is 0 Å². The molecule has 0 amide bonds. The van der Waals surface area contributed by atoms with Gasteiger partial charge in [-0.05, 0) is 0 Å². The molecule has 1 rings (SSSR count). The van der Waals surface area contributed by atoms with Crippen LogP contribution < -0.4 is 10.2 Å². The van der Waals surface area contributed by atoms with Crippen LogP contribution in [0.2, 0.25) is 0 Å². The van der Waals surface area contributed by atoms with Crippen LogP contribution in [-0.2, 0) is 6.18 Å². The molecule has 1 heterocycles. The maximum absolute atomic E-state index is 12.3. The molecule has 0 aliphatic carbocycles. The van der Waals surface area contributed by atoms with Crippen LogP contribution in [0.3, 0.4) is 0 Å². The van der Waals surface area contributed by atoms with Crippen LogP contribution in [0.5, 0.6) is 5.75 Å². The molecule has 0 aromatic carbocycles. The van der Waals surface area contributed by atoms with Gasteiger partial charge in [-0.15, -0.1) is 0 Å². The Bertz CT molecular complexity index is 437. The van der Waals surface area contributed by atoms with Gasteiger partial charge in [0.2, 0.25) is 5.43 Å². The number of pyridine rings is 1. The van der Waals surface area contributed by atoms with Crippen LogP contribution in [-0.4, -0.2) is 12.1 Å². The Morgan fingerprint density at radius 1 is 1.38 bits per heavy atom. The van der Waals surface area contributed by atoms with E-state index in [1.54, 1.807) is 4.98 Å². The number of H-pyrrole nitrogens is 1. The van der Waals surface area contributed by atoms with Gasteiger partial charge in [0.25, 0.3) is 6.43 Å². The lowest BCUT2D eigenvalue weighted by Gasteiger charge is -2.12. The number of aromatic nitrogens is 1. The minimum Gasteiger partial charge on any atom is -0.491 e. The second-order valence-corrected chi connectivity index (χ2v) is 2.78. The van der Waals surface area contributed by atoms with Gasteiger partial charge in [-0.3, -0.25) is 4.79 Å². The molecule has 0 spiro atoms. The van der Waals surface area contributed by atoms with Crippen LogP contribution in [0.15, 0.2) is 11.0 Å². The summed E-state index contributed by atoms with van der Waals surface area (Å²) in [5, 5.41) is 0. The lowest BCUT2D eigenvalue weighted by molar-refractivity contribution is -0.142. The monoisotopic (exact) mass is 243 g/mol. The first-order valence-electron chi connectivity index (χ1n) is 3.94. The lowest BCUT2D eigenvalue weighted by Crippen LogP contribution is -2.20. The number of aromatic amines is 1. The van der Waals surface area contributed by atoms with Crippen molar-refractivity contribution in [2.45, 2.75) is 12.6 Å². The fourth-order valence-corrected chi connectivity index (χ4v) is 1.09. The first-order valence-corrected chi connectivity index (χ1v) is 3.94. The van der Waals surface area contributed by atoms with Gasteiger partial charge in [-0.2, -0.15) is 13.2 Å². The van der Waals surface area contributed by atoms with Crippen molar-refractivity contribution in [3.05, 3.63) is 27.7 Å². The molecule has 3 nitrogen and oxygen atoms in total. The second-order valence-electron chi connectivity index (χ2n) is 2.78. The number of rotatable bonds is 2. The maximum atomic E-state index is 12.3. The van der Waals surface area contributed by atoms with E-state index in [0.29, 0.717) is 6.20 Å². The zero-order valence-corrected chi connectivity index (χ0v) is 7.86. The molecule has 0 aliphatic heterocycles. The lowest BCUT2D eigenvalue weighted by atomic mass is 10.2. The van der Waals surface area contributed by atoms with Gasteiger partial charge in [0.1, 0.15) is 0 Å². The number of halogens is 5. The van der Waals surface area contributed by atoms with Crippen molar-refractivity contribution in [1.29, 1.82) is 0 Å². The van der Waals surface area contributed by atoms with Crippen molar-refractivity contribution in [3.63, 3.8) is 0 Å². The summed E-state index contributed by atoms with van der Waals surface area (Å²) in [6, 6.07) is 0. The summed E-state index contributed by atoms with van der Waals surface area (Å²) in [7, 11) is 0.801. The maximum Gasteiger partial charge on any atom is 0.435 e. The van der Waals surface area contributed by atoms with E-state index in [0.717, 1.165) is 7.11 Å². The van der Waals surface area contributed by atoms with Crippen molar-refractivity contribution in [3.8, 4) is 5.75 Å². The Hall–Kier alpha value is -1.60. The molecular weight excluding hydrogens is 237 g/mol. The van der Waals surface area contributed by atoms with Gasteiger partial charge in [-0.1, -0.05) is 0 Å². The van der Waals surface area contributed by atoms with Crippen LogP contribution in [0.1, 0.15) is 17.7 Å². The smallest absolute Gasteiger partial charge is 0.435 e. The molecule has 0 saturated heterocycles. The van der Waals surface area contributed by atoms with E-state index in [1.165, 1.54) is 0 Å². The molecule has 1 aromatic heterocycles. The predicted molar refractivity (Wildman–Crippen MR) is 43.6 cm³/mol. The SMILES string of the molecule is COc1c(C(F)(F)F)[nH]cc(C(F)F)c1=O. The third-order valence-electron chi connectivity index (χ3n) is 1.79. The first kappa shape index (κ1) is 12.5. The average molecular weight is 243 g/mol. The van der Waals surface area contributed by atoms with Gasteiger partial charge < -0.3 is 9.72 Å². The molecule has 0 aliphatic rings. The molecule has 0 atom stereocenters. The summed E-state index contributed by atoms with van der Waals surface area (Å²) >= 11 is 0. The minimum absolute atomic E-state index is 0.332. The highest BCUT2D eigenvalue weighted by Crippen LogP contribution is 2.33. The fourth-order valence-electron chi connectivity index (χ4n) is 1.09. The van der Waals surface area contributed by atoms with Crippen LogP contribution in [0, 0.1) is 0 Å². The molecule has 0 unspecified atom stereocenters. The highest BCUT2D eigenvalue weighted by atomic mass is 19.4. The van der Waals surface area contributed by atoms with Crippen LogP contribution in [0.4, 0.5) is 22.0 Å². The van der Waals surface area contributed by atoms with Crippen molar-refractivity contribution in [2.75, 3.05) is 7.11 Å². The number of hydrogen-bond donors (Lipinski definition) is 1. The van der Waals surface area contributed by atoms with E-state index in [-0.39, 0.29) is 0 Å². The Labute approximate surface area is 85.8 Å². The Morgan fingerprint density at radius 2 is 1.94 bits per heavy atom. The van der Waals surface area contributed by atoms with Gasteiger partial charge in [0, 0.05) is 6.20 Å². The summed E-state index contributed by atoms with van der Waals surface area (Å²) in [6.07, 6.45) is -7.70. The normalized spacial score (nSPS) is 11.9. The van der Waals surface area contributed by atoms with Crippen LogP contribution in [0.25, 0.3) is 0 Å². The molecule has 0 radical (unpaired) electrons. The van der Waals surface area contributed by atoms with Gasteiger partial charge in [0.05, 0.1) is 12.7 Å². The first-order chi connectivity index (χ1) is 7.29. The summed E-state index contributed by atoms with van der Waals surface area (Å²) in [5.41, 5.74) is -4.02. The second kappa shape index (κ2) is 4.11. The van der Waals surface area contributed by atoms with Gasteiger partial charge in [0.15, 0.2) is 11.4 Å². The fraction of sp³-hybridized carbons (Fsp3) is 0.375. The zero-order chi connectivity index (χ0) is 12.5. The zero-order valence-electron chi connectivity index (χ0n) is 7.86. The van der Waals surface area contributed by atoms with E-state index in [9.17, 15) is 26.7 Å². The number of methoxy groups -OCH3 is 1. The number of nitrogens with one attached hydrogen (secondary N) is 1. The summed E-state index contributed by atoms with van der Waals surface area (Å²) < 4.78 is 65.6. The highest BCUT2D eigenvalue weighted by Gasteiger charge is 2.37. The molecule has 1 aromatic rings. The third kappa shape index (κ3) is 2.15. The Balaban J connectivity index is 3.48. The molecule has 0 bridgehead atoms. The molecule has 16 heavy (non-hydrogen) atoms. The van der Waals surface area contributed by atoms with E-state index >= 15 is 0 Å². The van der Waals surface area contributed by atoms with Gasteiger partial charge in [-0.25, -0.2) is 8.78 Å². The van der Waals surface area contributed by atoms with Crippen molar-refractivity contribution in [1.82, 2.24) is 4.98 Å². The van der Waals surface area contributed by atoms with Gasteiger partial charge >= 0.3 is 6.18 Å². The standard InChI is InChI=1S/C8H6F5NO2/c1-16-5-4(15)3(7(9)10)2-14-6(5)8(11,12)13/h2,7H,1H3,(H,14,15). The van der Waals surface area contributed by atoms with E-state index in [2.05, 4.69) is 4.74 Å². The number of alkyl halides is 5. The molecule has 0 saturated carbocycles. The topological polar surface area (TPSA) is 42.1 Å². The minimum atomic E-state index is -4.87. The third-order valence-corrected chi connectivity index (χ3v) is 1.79. The van der Waals surface area contributed by atoms with E-state index in [1.807, 2.05) is 0 Å². The molecular formula is C8H6F5NO2. The number of ether oxygens (including phenoxy) is 1. The largest absolute Gasteiger partial charge is 0.491 e. The van der Waals surface area contributed by atoms with E-state index in [4.69, 9.17) is 0 Å². The predicted octanol–water partition coefficient (Wildman–Crippen LogP) is 2.34. The van der Waals surface area contributed by atoms with Crippen LogP contribution >= 0.6 is 0 Å². The molecule has 90 valence electrons. The van der Waals surface area contributed by atoms with Crippen molar-refractivity contribution >= 4 is 0 Å². The summed E-state index contributed by atoms with van der Waals surface area (Å²) in [6.45, 7) is 0. The Kier molecular flexibility index (Phi) is 3.20. The Morgan fingerprint density at radius 3 is 2.31 bits per heavy atom. The van der Waals surface area contributed by atoms with E-state index < -0.39 is 35.0 Å². The molecule has 8 heteroatoms. The number of hydrogen-bond acceptors (Lipinski definition) is 2. The average Bonchev–Trinajstić information content (AvgIpc) is 2.15. The van der Waals surface area contributed by atoms with Crippen molar-refractivity contribution < 1.29 is 26.7 Å². The highest BCUT2D eigenvalue weighted by molar-refractivity contribution is 5.34. The molecule has 0 fully saturated rings.